The third-order valence-electron chi connectivity index (χ3n) is 0.744. The molecule has 0 aromatic carbocycles. The van der Waals surface area contributed by atoms with Gasteiger partial charge in [-0.3, -0.25) is 0 Å². The fourth-order valence-corrected chi connectivity index (χ4v) is 0.440. The molecule has 0 aromatic rings. The van der Waals surface area contributed by atoms with E-state index in [9.17, 15) is 0 Å². The summed E-state index contributed by atoms with van der Waals surface area (Å²) in [5.74, 6) is 0. The van der Waals surface area contributed by atoms with Gasteiger partial charge in [-0.1, -0.05) is 0 Å². The molecule has 0 amide bonds. The van der Waals surface area contributed by atoms with E-state index in [1.807, 2.05) is 0 Å². The Kier molecular flexibility index (Phi) is 8.54. The van der Waals surface area contributed by atoms with E-state index in [4.69, 9.17) is 45.2 Å². The van der Waals surface area contributed by atoms with Gasteiger partial charge in [0.05, 0.1) is 26.4 Å². The Labute approximate surface area is 84.8 Å². The number of halogens is 4. The molecule has 0 saturated carbocycles. The number of hydrogen-bond acceptors (Lipinski definition) is 2. The van der Waals surface area contributed by atoms with E-state index in [2.05, 4.69) is 0 Å². The molecule has 0 radical (unpaired) electrons. The van der Waals surface area contributed by atoms with Crippen molar-refractivity contribution in [2.24, 2.45) is 0 Å². The zero-order chi connectivity index (χ0) is 8.74. The van der Waals surface area contributed by atoms with Crippen LogP contribution in [0.4, 0.5) is 0 Å². The molecule has 0 atom stereocenters. The van der Waals surface area contributed by atoms with Gasteiger partial charge < -0.3 is 9.47 Å². The molecule has 0 aliphatic carbocycles. The van der Waals surface area contributed by atoms with Crippen LogP contribution in [0.2, 0.25) is 0 Å². The second-order valence-electron chi connectivity index (χ2n) is 1.65. The summed E-state index contributed by atoms with van der Waals surface area (Å²) in [6, 6.07) is 0. The van der Waals surface area contributed by atoms with Gasteiger partial charge in [0.25, 0.3) is 0 Å². The van der Waals surface area contributed by atoms with Crippen molar-refractivity contribution in [2.45, 2.75) is 0 Å². The molecule has 0 unspecified atom stereocenters. The van der Waals surface area contributed by atoms with Crippen LogP contribution in [0.1, 0.15) is 0 Å². The van der Waals surface area contributed by atoms with Crippen LogP contribution in [-0.2, 0) is 9.47 Å². The summed E-state index contributed by atoms with van der Waals surface area (Å²) in [7, 11) is 20.1. The van der Waals surface area contributed by atoms with E-state index in [0.29, 0.717) is 0 Å². The van der Waals surface area contributed by atoms with Gasteiger partial charge in [-0.2, -0.15) is 0 Å². The summed E-state index contributed by atoms with van der Waals surface area (Å²) in [6.07, 6.45) is 0. The molecular weight excluding hydrogens is 341 g/mol. The first-order chi connectivity index (χ1) is 5.00. The topological polar surface area (TPSA) is 18.5 Å². The molecule has 7 heteroatoms. The third-order valence-corrected chi connectivity index (χ3v) is 0.744. The Bertz CT molecular complexity index is 75.1. The molecule has 1 fully saturated rings. The van der Waals surface area contributed by atoms with Crippen LogP contribution in [0, 0.1) is 0 Å². The van der Waals surface area contributed by atoms with Crippen molar-refractivity contribution in [3.05, 3.63) is 0 Å². The Morgan fingerprint density at radius 1 is 0.727 bits per heavy atom. The minimum atomic E-state index is -3.29. The second-order valence-corrected chi connectivity index (χ2v) is 27.1. The van der Waals surface area contributed by atoms with Crippen LogP contribution in [0.5, 0.6) is 0 Å². The minimum absolute atomic E-state index is 0.778. The van der Waals surface area contributed by atoms with Gasteiger partial charge in [-0.25, -0.2) is 0 Å². The molecule has 1 aliphatic heterocycles. The second kappa shape index (κ2) is 7.30. The van der Waals surface area contributed by atoms with Gasteiger partial charge in [-0.05, 0) is 0 Å². The molecule has 2 nitrogen and oxygen atoms in total. The van der Waals surface area contributed by atoms with Crippen molar-refractivity contribution in [3.8, 4) is 0 Å². The first-order valence-corrected chi connectivity index (χ1v) is 17.4. The molecule has 0 aromatic heterocycles. The van der Waals surface area contributed by atoms with E-state index in [-0.39, 0.29) is 0 Å². The number of hydrogen-bond donors (Lipinski definition) is 0. The van der Waals surface area contributed by atoms with E-state index in [0.717, 1.165) is 26.4 Å². The van der Waals surface area contributed by atoms with E-state index in [1.54, 1.807) is 0 Å². The average molecular weight is 349 g/mol. The van der Waals surface area contributed by atoms with Crippen molar-refractivity contribution >= 4 is 49.6 Å². The normalized spacial score (nSPS) is 18.5. The van der Waals surface area contributed by atoms with Gasteiger partial charge in [0.2, 0.25) is 0 Å². The zero-order valence-electron chi connectivity index (χ0n) is 5.66. The van der Waals surface area contributed by atoms with Crippen LogP contribution >= 0.6 is 35.7 Å². The predicted molar refractivity (Wildman–Crippen MR) is 50.8 cm³/mol. The molecule has 1 rings (SSSR count). The summed E-state index contributed by atoms with van der Waals surface area (Å²) in [5, 5.41) is 0. The SMILES string of the molecule is C1COCCO1.[Cl][Sn]([Cl])([Cl])[Cl]. The van der Waals surface area contributed by atoms with Gasteiger partial charge in [0.1, 0.15) is 0 Å². The summed E-state index contributed by atoms with van der Waals surface area (Å²) in [4.78, 5) is 0. The third kappa shape index (κ3) is 18.7. The maximum atomic E-state index is 5.04. The molecule has 1 heterocycles. The van der Waals surface area contributed by atoms with Gasteiger partial charge in [0.15, 0.2) is 0 Å². The zero-order valence-corrected chi connectivity index (χ0v) is 11.5. The Hall–Kier alpha value is 1.88. The maximum absolute atomic E-state index is 5.04. The molecule has 1 aliphatic rings. The molecular formula is C4H8Cl4O2Sn. The average Bonchev–Trinajstić information content (AvgIpc) is 1.88. The van der Waals surface area contributed by atoms with Crippen molar-refractivity contribution < 1.29 is 9.47 Å². The summed E-state index contributed by atoms with van der Waals surface area (Å²) in [6.45, 7) is 3.11. The molecule has 11 heavy (non-hydrogen) atoms. The van der Waals surface area contributed by atoms with Crippen molar-refractivity contribution in [2.75, 3.05) is 26.4 Å². The fraction of sp³-hybridized carbons (Fsp3) is 1.00. The molecule has 0 bridgehead atoms. The van der Waals surface area contributed by atoms with Crippen LogP contribution in [0.3, 0.4) is 0 Å². The van der Waals surface area contributed by atoms with Gasteiger partial charge in [-0.15, -0.1) is 0 Å². The summed E-state index contributed by atoms with van der Waals surface area (Å²) in [5.41, 5.74) is 0. The van der Waals surface area contributed by atoms with E-state index < -0.39 is 13.9 Å². The van der Waals surface area contributed by atoms with Crippen LogP contribution in [-0.4, -0.2) is 40.3 Å². The fourth-order valence-electron chi connectivity index (χ4n) is 0.440. The van der Waals surface area contributed by atoms with Crippen molar-refractivity contribution in [1.29, 1.82) is 0 Å². The van der Waals surface area contributed by atoms with Gasteiger partial charge >= 0.3 is 49.6 Å². The summed E-state index contributed by atoms with van der Waals surface area (Å²) >= 11 is -3.29. The molecule has 0 spiro atoms. The molecule has 68 valence electrons. The van der Waals surface area contributed by atoms with Crippen LogP contribution in [0.25, 0.3) is 0 Å². The first-order valence-electron chi connectivity index (χ1n) is 2.91. The van der Waals surface area contributed by atoms with Gasteiger partial charge in [0, 0.05) is 0 Å². The molecule has 1 saturated heterocycles. The van der Waals surface area contributed by atoms with Crippen LogP contribution in [0.15, 0.2) is 0 Å². The Morgan fingerprint density at radius 3 is 1.00 bits per heavy atom. The number of ether oxygens (including phenoxy) is 2. The first kappa shape index (κ1) is 12.9. The monoisotopic (exact) mass is 348 g/mol. The molecule has 0 N–H and O–H groups in total. The van der Waals surface area contributed by atoms with Crippen LogP contribution < -0.4 is 0 Å². The van der Waals surface area contributed by atoms with Crippen molar-refractivity contribution in [3.63, 3.8) is 0 Å². The van der Waals surface area contributed by atoms with E-state index in [1.165, 1.54) is 0 Å². The Morgan fingerprint density at radius 2 is 0.909 bits per heavy atom. The van der Waals surface area contributed by atoms with E-state index >= 15 is 0 Å². The predicted octanol–water partition coefficient (Wildman–Crippen LogP) is 2.41. The van der Waals surface area contributed by atoms with Crippen molar-refractivity contribution in [1.82, 2.24) is 0 Å². The Balaban J connectivity index is 0.000000187. The number of rotatable bonds is 0. The quantitative estimate of drug-likeness (QED) is 0.626. The standard InChI is InChI=1S/C4H8O2.4ClH.Sn/c1-2-6-4-3-5-1;;;;;/h1-4H2;4*1H;/q;;;;;+4/p-4. The summed E-state index contributed by atoms with van der Waals surface area (Å²) < 4.78 is 9.89.